The number of benzene rings is 5. The Morgan fingerprint density at radius 3 is 1.97 bits per heavy atom. The summed E-state index contributed by atoms with van der Waals surface area (Å²) in [5.74, 6) is 1.26. The van der Waals surface area contributed by atoms with Gasteiger partial charge in [-0.05, 0) is 133 Å². The molecule has 5 aromatic carbocycles. The van der Waals surface area contributed by atoms with Gasteiger partial charge in [0.05, 0.1) is 18.1 Å². The summed E-state index contributed by atoms with van der Waals surface area (Å²) in [5.41, 5.74) is 10.7. The smallest absolute Gasteiger partial charge is 0.337 e. The van der Waals surface area contributed by atoms with Gasteiger partial charge in [-0.25, -0.2) is 4.79 Å². The van der Waals surface area contributed by atoms with Crippen molar-refractivity contribution in [3.05, 3.63) is 161 Å². The van der Waals surface area contributed by atoms with Crippen molar-refractivity contribution in [2.45, 2.75) is 149 Å². The van der Waals surface area contributed by atoms with E-state index in [0.29, 0.717) is 11.3 Å². The molecule has 5 aromatic rings. The predicted molar refractivity (Wildman–Crippen MR) is 282 cm³/mol. The standard InChI is InChI=1S/C62H75N2O3/c1-8-10-12-14-16-22-43-63-53-39-33-45-25-18-20-29-51(45)57(53)61(3,4)55(63)41-35-47-27-24-28-48(59(47)67-50-37-31-49(32-38-50)60(65)66-7)36-42-56-62(5,6)58-52-30-21-19-26-46(52)34-40-54(58)64(56)44-23-17-15-13-11-9-2/h18-21,25-26,29-42H,8-17,22-24,27-28,43-44H2,1-7H3/q+1. The van der Waals surface area contributed by atoms with Crippen LogP contribution in [0.3, 0.4) is 0 Å². The van der Waals surface area contributed by atoms with Gasteiger partial charge in [-0.2, -0.15) is 4.58 Å². The van der Waals surface area contributed by atoms with Crippen LogP contribution < -0.4 is 9.64 Å². The Kier molecular flexibility index (Phi) is 15.4. The molecule has 0 amide bonds. The van der Waals surface area contributed by atoms with Crippen molar-refractivity contribution in [2.75, 3.05) is 25.1 Å². The fourth-order valence-corrected chi connectivity index (χ4v) is 11.3. The Hall–Kier alpha value is -5.68. The molecule has 350 valence electrons. The topological polar surface area (TPSA) is 41.8 Å². The number of hydrogen-bond donors (Lipinski definition) is 0. The molecule has 0 bridgehead atoms. The van der Waals surface area contributed by atoms with Crippen molar-refractivity contribution in [1.82, 2.24) is 0 Å². The second-order valence-electron chi connectivity index (χ2n) is 20.2. The molecule has 0 fully saturated rings. The average molecular weight is 896 g/mol. The third-order valence-electron chi connectivity index (χ3n) is 14.8. The second-order valence-corrected chi connectivity index (χ2v) is 20.2. The summed E-state index contributed by atoms with van der Waals surface area (Å²) in [6.07, 6.45) is 27.6. The van der Waals surface area contributed by atoms with Gasteiger partial charge in [0.2, 0.25) is 5.69 Å². The fourth-order valence-electron chi connectivity index (χ4n) is 11.3. The summed E-state index contributed by atoms with van der Waals surface area (Å²) >= 11 is 0. The molecular formula is C62H75N2O3+. The zero-order valence-corrected chi connectivity index (χ0v) is 41.7. The minimum Gasteiger partial charge on any atom is -0.465 e. The minimum absolute atomic E-state index is 0.204. The second kappa shape index (κ2) is 21.5. The molecule has 0 saturated carbocycles. The number of allylic oxidation sites excluding steroid dienone is 7. The van der Waals surface area contributed by atoms with E-state index in [4.69, 9.17) is 9.47 Å². The third-order valence-corrected chi connectivity index (χ3v) is 14.8. The normalized spacial score (nSPS) is 17.7. The molecule has 0 unspecified atom stereocenters. The van der Waals surface area contributed by atoms with E-state index in [-0.39, 0.29) is 16.8 Å². The van der Waals surface area contributed by atoms with Gasteiger partial charge in [-0.3, -0.25) is 0 Å². The maximum absolute atomic E-state index is 12.4. The van der Waals surface area contributed by atoms with E-state index in [9.17, 15) is 4.79 Å². The SMILES string of the molecule is CCCCCCCCN1/C(=C/C=C2\CCCC(/C=C/C3=[N+](CCCCCCCC)c4ccc5ccccc5c4C3(C)C)=C2Oc2ccc(C(=O)OC)cc2)C(C)(C)c2c1ccc1ccccc21. The van der Waals surface area contributed by atoms with Gasteiger partial charge in [0.25, 0.3) is 0 Å². The number of carbonyl (C=O) groups excluding carboxylic acids is 1. The third kappa shape index (κ3) is 10.1. The lowest BCUT2D eigenvalue weighted by atomic mass is 9.78. The highest BCUT2D eigenvalue weighted by molar-refractivity contribution is 6.08. The average Bonchev–Trinajstić information content (AvgIpc) is 3.70. The molecule has 67 heavy (non-hydrogen) atoms. The van der Waals surface area contributed by atoms with Crippen molar-refractivity contribution in [3.63, 3.8) is 0 Å². The molecule has 0 spiro atoms. The number of unbranched alkanes of at least 4 members (excludes halogenated alkanes) is 10. The number of anilines is 1. The summed E-state index contributed by atoms with van der Waals surface area (Å²) in [7, 11) is 1.42. The van der Waals surface area contributed by atoms with E-state index in [1.165, 1.54) is 138 Å². The first-order valence-corrected chi connectivity index (χ1v) is 25.7. The number of ether oxygens (including phenoxy) is 2. The van der Waals surface area contributed by atoms with Crippen molar-refractivity contribution >= 4 is 44.6 Å². The maximum atomic E-state index is 12.4. The molecule has 0 radical (unpaired) electrons. The van der Waals surface area contributed by atoms with Gasteiger partial charge in [0, 0.05) is 47.5 Å². The van der Waals surface area contributed by atoms with E-state index in [1.807, 2.05) is 12.1 Å². The highest BCUT2D eigenvalue weighted by Crippen LogP contribution is 2.51. The molecule has 0 aromatic heterocycles. The van der Waals surface area contributed by atoms with Crippen LogP contribution in [0.1, 0.15) is 159 Å². The number of hydrogen-bond acceptors (Lipinski definition) is 4. The monoisotopic (exact) mass is 896 g/mol. The first kappa shape index (κ1) is 47.8. The van der Waals surface area contributed by atoms with Crippen LogP contribution in [0, 0.1) is 0 Å². The molecule has 2 heterocycles. The van der Waals surface area contributed by atoms with Crippen molar-refractivity contribution < 1.29 is 18.8 Å². The van der Waals surface area contributed by atoms with E-state index in [1.54, 1.807) is 12.1 Å². The van der Waals surface area contributed by atoms with Crippen LogP contribution in [0.2, 0.25) is 0 Å². The number of esters is 1. The lowest BCUT2D eigenvalue weighted by Crippen LogP contribution is -2.28. The molecule has 2 aliphatic heterocycles. The number of nitrogens with zero attached hydrogens (tertiary/aromatic N) is 2. The zero-order chi connectivity index (χ0) is 47.0. The molecule has 0 N–H and O–H groups in total. The predicted octanol–water partition coefficient (Wildman–Crippen LogP) is 16.6. The van der Waals surface area contributed by atoms with Gasteiger partial charge >= 0.3 is 5.97 Å². The van der Waals surface area contributed by atoms with E-state index in [0.717, 1.165) is 51.0 Å². The number of methoxy groups -OCH3 is 1. The van der Waals surface area contributed by atoms with Gasteiger partial charge in [0.1, 0.15) is 18.1 Å². The molecule has 5 heteroatoms. The molecular weight excluding hydrogens is 821 g/mol. The van der Waals surface area contributed by atoms with Crippen molar-refractivity contribution in [3.8, 4) is 5.75 Å². The van der Waals surface area contributed by atoms with Gasteiger partial charge < -0.3 is 14.4 Å². The Labute approximate surface area is 402 Å². The van der Waals surface area contributed by atoms with Gasteiger partial charge in [0.15, 0.2) is 5.71 Å². The summed E-state index contributed by atoms with van der Waals surface area (Å²) in [6, 6.07) is 34.5. The first-order chi connectivity index (χ1) is 32.6. The van der Waals surface area contributed by atoms with Crippen LogP contribution in [0.15, 0.2) is 144 Å². The fraction of sp³-hybridized carbons (Fsp3) is 0.419. The molecule has 1 aliphatic carbocycles. The van der Waals surface area contributed by atoms with Crippen LogP contribution in [0.25, 0.3) is 21.5 Å². The Morgan fingerprint density at radius 2 is 1.28 bits per heavy atom. The van der Waals surface area contributed by atoms with Crippen LogP contribution in [0.5, 0.6) is 5.75 Å². The summed E-state index contributed by atoms with van der Waals surface area (Å²) in [4.78, 5) is 15.1. The summed E-state index contributed by atoms with van der Waals surface area (Å²) in [6.45, 7) is 16.2. The Bertz CT molecular complexity index is 2720. The highest BCUT2D eigenvalue weighted by atomic mass is 16.5. The lowest BCUT2D eigenvalue weighted by molar-refractivity contribution is -0.438. The largest absolute Gasteiger partial charge is 0.465 e. The molecule has 0 atom stereocenters. The van der Waals surface area contributed by atoms with Crippen LogP contribution >= 0.6 is 0 Å². The molecule has 3 aliphatic rings. The Balaban J connectivity index is 1.21. The number of fused-ring (bicyclic) bond motifs is 6. The van der Waals surface area contributed by atoms with Crippen LogP contribution in [-0.2, 0) is 15.6 Å². The van der Waals surface area contributed by atoms with Gasteiger partial charge in [-0.15, -0.1) is 0 Å². The van der Waals surface area contributed by atoms with E-state index < -0.39 is 0 Å². The molecule has 0 saturated heterocycles. The van der Waals surface area contributed by atoms with Gasteiger partial charge in [-0.1, -0.05) is 146 Å². The molecule has 8 rings (SSSR count). The maximum Gasteiger partial charge on any atom is 0.337 e. The summed E-state index contributed by atoms with van der Waals surface area (Å²) in [5, 5.41) is 5.26. The van der Waals surface area contributed by atoms with E-state index in [2.05, 4.69) is 148 Å². The van der Waals surface area contributed by atoms with Crippen molar-refractivity contribution in [2.24, 2.45) is 0 Å². The lowest BCUT2D eigenvalue weighted by Gasteiger charge is -2.28. The quantitative estimate of drug-likeness (QED) is 0.0443. The van der Waals surface area contributed by atoms with Crippen LogP contribution in [0.4, 0.5) is 11.4 Å². The summed E-state index contributed by atoms with van der Waals surface area (Å²) < 4.78 is 14.7. The minimum atomic E-state index is -0.353. The number of carbonyl (C=O) groups is 1. The van der Waals surface area contributed by atoms with Crippen LogP contribution in [-0.4, -0.2) is 36.5 Å². The first-order valence-electron chi connectivity index (χ1n) is 25.7. The number of rotatable bonds is 20. The zero-order valence-electron chi connectivity index (χ0n) is 41.7. The highest BCUT2D eigenvalue weighted by Gasteiger charge is 2.45. The molecule has 5 nitrogen and oxygen atoms in total. The van der Waals surface area contributed by atoms with E-state index >= 15 is 0 Å². The Morgan fingerprint density at radius 1 is 0.657 bits per heavy atom. The van der Waals surface area contributed by atoms with Crippen molar-refractivity contribution in [1.29, 1.82) is 0 Å².